The van der Waals surface area contributed by atoms with Crippen LogP contribution in [-0.2, 0) is 0 Å². The molecule has 1 heterocycles. The van der Waals surface area contributed by atoms with Crippen LogP contribution in [0.3, 0.4) is 0 Å². The lowest BCUT2D eigenvalue weighted by Crippen LogP contribution is -2.13. The summed E-state index contributed by atoms with van der Waals surface area (Å²) >= 11 is 7.07. The number of nitrogens with one attached hydrogen (secondary N) is 1. The summed E-state index contributed by atoms with van der Waals surface area (Å²) < 4.78 is 5.09. The number of nitrogens with zero attached hydrogens (tertiary/aromatic N) is 2. The molecule has 88 valence electrons. The van der Waals surface area contributed by atoms with Crippen molar-refractivity contribution in [1.29, 1.82) is 0 Å². The van der Waals surface area contributed by atoms with Crippen LogP contribution in [0.2, 0.25) is 5.02 Å². The molecule has 0 fully saturated rings. The molecule has 0 atom stereocenters. The molecule has 17 heavy (non-hydrogen) atoms. The molecule has 0 saturated carbocycles. The van der Waals surface area contributed by atoms with Crippen LogP contribution >= 0.6 is 22.9 Å². The number of hydrogen-bond donors (Lipinski definition) is 1. The van der Waals surface area contributed by atoms with E-state index in [1.54, 1.807) is 12.1 Å². The fraction of sp³-hybridized carbons (Fsp3) is 0.100. The van der Waals surface area contributed by atoms with Crippen LogP contribution in [0, 0.1) is 0 Å². The molecule has 0 aliphatic rings. The summed E-state index contributed by atoms with van der Waals surface area (Å²) in [6.07, 6.45) is 0. The van der Waals surface area contributed by atoms with Crippen molar-refractivity contribution in [2.75, 3.05) is 12.4 Å². The van der Waals surface area contributed by atoms with Gasteiger partial charge in [-0.2, -0.15) is 0 Å². The fourth-order valence-corrected chi connectivity index (χ4v) is 1.86. The highest BCUT2D eigenvalue weighted by Gasteiger charge is 2.14. The van der Waals surface area contributed by atoms with Crippen molar-refractivity contribution in [3.8, 4) is 5.75 Å². The second kappa shape index (κ2) is 5.11. The van der Waals surface area contributed by atoms with Crippen LogP contribution in [0.25, 0.3) is 0 Å². The van der Waals surface area contributed by atoms with E-state index in [-0.39, 0.29) is 5.91 Å². The normalized spacial score (nSPS) is 10.0. The molecule has 1 aromatic carbocycles. The van der Waals surface area contributed by atoms with Gasteiger partial charge in [0.05, 0.1) is 12.7 Å². The molecule has 2 aromatic rings. The first-order valence-electron chi connectivity index (χ1n) is 4.62. The van der Waals surface area contributed by atoms with Gasteiger partial charge in [-0.1, -0.05) is 22.9 Å². The van der Waals surface area contributed by atoms with Crippen molar-refractivity contribution in [2.24, 2.45) is 0 Å². The molecule has 5 nitrogen and oxygen atoms in total. The minimum Gasteiger partial charge on any atom is -0.496 e. The van der Waals surface area contributed by atoms with Crippen LogP contribution in [0.4, 0.5) is 5.13 Å². The standard InChI is InChI=1S/C10H8ClN3O2S/c1-16-8-3-2-6(11)4-7(8)9(15)13-10-14-12-5-17-10/h2-5H,1H3,(H,13,14,15). The highest BCUT2D eigenvalue weighted by Crippen LogP contribution is 2.23. The lowest BCUT2D eigenvalue weighted by Gasteiger charge is -2.07. The number of carbonyl (C=O) groups is 1. The maximum absolute atomic E-state index is 11.9. The zero-order chi connectivity index (χ0) is 12.3. The largest absolute Gasteiger partial charge is 0.496 e. The van der Waals surface area contributed by atoms with Crippen molar-refractivity contribution in [2.45, 2.75) is 0 Å². The van der Waals surface area contributed by atoms with Gasteiger partial charge in [0, 0.05) is 5.02 Å². The van der Waals surface area contributed by atoms with Crippen LogP contribution in [0.15, 0.2) is 23.7 Å². The number of hydrogen-bond acceptors (Lipinski definition) is 5. The van der Waals surface area contributed by atoms with Crippen LogP contribution < -0.4 is 10.1 Å². The molecule has 0 unspecified atom stereocenters. The first kappa shape index (κ1) is 11.8. The average Bonchev–Trinajstić information content (AvgIpc) is 2.81. The van der Waals surface area contributed by atoms with E-state index < -0.39 is 0 Å². The van der Waals surface area contributed by atoms with Crippen molar-refractivity contribution < 1.29 is 9.53 Å². The Morgan fingerprint density at radius 3 is 3.00 bits per heavy atom. The summed E-state index contributed by atoms with van der Waals surface area (Å²) in [5.41, 5.74) is 1.89. The van der Waals surface area contributed by atoms with Gasteiger partial charge in [-0.15, -0.1) is 10.2 Å². The molecule has 0 bridgehead atoms. The Balaban J connectivity index is 2.26. The van der Waals surface area contributed by atoms with E-state index in [1.165, 1.54) is 30.0 Å². The summed E-state index contributed by atoms with van der Waals surface area (Å²) in [4.78, 5) is 11.9. The van der Waals surface area contributed by atoms with Gasteiger partial charge in [-0.3, -0.25) is 10.1 Å². The third-order valence-corrected chi connectivity index (χ3v) is 2.83. The quantitative estimate of drug-likeness (QED) is 0.930. The lowest BCUT2D eigenvalue weighted by atomic mass is 10.2. The smallest absolute Gasteiger partial charge is 0.261 e. The zero-order valence-corrected chi connectivity index (χ0v) is 10.4. The van der Waals surface area contributed by atoms with Gasteiger partial charge >= 0.3 is 0 Å². The van der Waals surface area contributed by atoms with Gasteiger partial charge in [0.15, 0.2) is 0 Å². The first-order chi connectivity index (χ1) is 8.20. The second-order valence-corrected chi connectivity index (χ2v) is 4.31. The number of aromatic nitrogens is 2. The van der Waals surface area contributed by atoms with Crippen LogP contribution in [-0.4, -0.2) is 23.2 Å². The minimum absolute atomic E-state index is 0.332. The summed E-state index contributed by atoms with van der Waals surface area (Å²) in [5.74, 6) is 0.123. The van der Waals surface area contributed by atoms with Gasteiger partial charge in [0.2, 0.25) is 5.13 Å². The zero-order valence-electron chi connectivity index (χ0n) is 8.81. The predicted molar refractivity (Wildman–Crippen MR) is 65.9 cm³/mol. The van der Waals surface area contributed by atoms with Gasteiger partial charge in [-0.05, 0) is 18.2 Å². The summed E-state index contributed by atoms with van der Waals surface area (Å²) in [6.45, 7) is 0. The highest BCUT2D eigenvalue weighted by molar-refractivity contribution is 7.13. The molecule has 2 rings (SSSR count). The Kier molecular flexibility index (Phi) is 3.55. The Bertz CT molecular complexity index is 530. The number of halogens is 1. The molecular weight excluding hydrogens is 262 g/mol. The van der Waals surface area contributed by atoms with Gasteiger partial charge in [-0.25, -0.2) is 0 Å². The molecule has 0 saturated heterocycles. The second-order valence-electron chi connectivity index (χ2n) is 3.04. The molecule has 0 spiro atoms. The number of amides is 1. The molecular formula is C10H8ClN3O2S. The first-order valence-corrected chi connectivity index (χ1v) is 5.87. The predicted octanol–water partition coefficient (Wildman–Crippen LogP) is 2.45. The Labute approximate surface area is 106 Å². The molecule has 1 amide bonds. The van der Waals surface area contributed by atoms with E-state index in [1.807, 2.05) is 0 Å². The van der Waals surface area contributed by atoms with Crippen molar-refractivity contribution >= 4 is 34.0 Å². The minimum atomic E-state index is -0.332. The Hall–Kier alpha value is -1.66. The molecule has 0 aliphatic carbocycles. The molecule has 1 aromatic heterocycles. The number of carbonyl (C=O) groups excluding carboxylic acids is 1. The third kappa shape index (κ3) is 2.72. The maximum atomic E-state index is 11.9. The van der Waals surface area contributed by atoms with E-state index in [0.717, 1.165) is 0 Å². The van der Waals surface area contributed by atoms with Gasteiger partial charge in [0.25, 0.3) is 5.91 Å². The SMILES string of the molecule is COc1ccc(Cl)cc1C(=O)Nc1nncs1. The highest BCUT2D eigenvalue weighted by atomic mass is 35.5. The van der Waals surface area contributed by atoms with E-state index in [4.69, 9.17) is 16.3 Å². The number of anilines is 1. The Morgan fingerprint density at radius 2 is 2.35 bits per heavy atom. The number of benzene rings is 1. The molecule has 0 aliphatic heterocycles. The molecule has 0 radical (unpaired) electrons. The molecule has 1 N–H and O–H groups in total. The average molecular weight is 270 g/mol. The number of methoxy groups -OCH3 is 1. The molecule has 7 heteroatoms. The summed E-state index contributed by atoms with van der Waals surface area (Å²) in [7, 11) is 1.49. The monoisotopic (exact) mass is 269 g/mol. The van der Waals surface area contributed by atoms with Crippen molar-refractivity contribution in [1.82, 2.24) is 10.2 Å². The van der Waals surface area contributed by atoms with E-state index in [0.29, 0.717) is 21.5 Å². The van der Waals surface area contributed by atoms with Crippen molar-refractivity contribution in [3.05, 3.63) is 34.3 Å². The van der Waals surface area contributed by atoms with Gasteiger partial charge < -0.3 is 4.74 Å². The fourth-order valence-electron chi connectivity index (χ4n) is 1.25. The van der Waals surface area contributed by atoms with Crippen molar-refractivity contribution in [3.63, 3.8) is 0 Å². The van der Waals surface area contributed by atoms with Gasteiger partial charge in [0.1, 0.15) is 11.3 Å². The van der Waals surface area contributed by atoms with E-state index >= 15 is 0 Å². The summed E-state index contributed by atoms with van der Waals surface area (Å²) in [5, 5.41) is 10.8. The third-order valence-electron chi connectivity index (χ3n) is 1.99. The topological polar surface area (TPSA) is 64.1 Å². The number of rotatable bonds is 3. The van der Waals surface area contributed by atoms with E-state index in [9.17, 15) is 4.79 Å². The maximum Gasteiger partial charge on any atom is 0.261 e. The Morgan fingerprint density at radius 1 is 1.53 bits per heavy atom. The number of ether oxygens (including phenoxy) is 1. The van der Waals surface area contributed by atoms with Crippen LogP contribution in [0.1, 0.15) is 10.4 Å². The summed E-state index contributed by atoms with van der Waals surface area (Å²) in [6, 6.07) is 4.83. The van der Waals surface area contributed by atoms with E-state index in [2.05, 4.69) is 15.5 Å². The van der Waals surface area contributed by atoms with Crippen LogP contribution in [0.5, 0.6) is 5.75 Å². The lowest BCUT2D eigenvalue weighted by molar-refractivity contribution is 0.102.